The average molecular weight is 511 g/mol. The lowest BCUT2D eigenvalue weighted by molar-refractivity contribution is -0.112. The summed E-state index contributed by atoms with van der Waals surface area (Å²) in [6, 6.07) is 27.4. The second-order valence-electron chi connectivity index (χ2n) is 7.99. The van der Waals surface area contributed by atoms with E-state index in [2.05, 4.69) is 52.4 Å². The van der Waals surface area contributed by atoms with Gasteiger partial charge in [0.2, 0.25) is 0 Å². The fraction of sp³-hybridized carbons (Fsp3) is 0.103. The molecule has 0 aromatic heterocycles. The van der Waals surface area contributed by atoms with Gasteiger partial charge in [0.25, 0.3) is 5.91 Å². The van der Waals surface area contributed by atoms with Gasteiger partial charge in [-0.05, 0) is 66.1 Å². The number of carbonyl (C=O) groups is 1. The zero-order chi connectivity index (χ0) is 24.1. The summed E-state index contributed by atoms with van der Waals surface area (Å²) in [7, 11) is 0. The third-order valence-electron chi connectivity index (χ3n) is 5.68. The highest BCUT2D eigenvalue weighted by Crippen LogP contribution is 2.29. The third-order valence-corrected chi connectivity index (χ3v) is 6.17. The summed E-state index contributed by atoms with van der Waals surface area (Å²) in [5.74, 6) is 0.125. The van der Waals surface area contributed by atoms with Crippen molar-refractivity contribution in [2.75, 3.05) is 5.32 Å². The molecule has 0 aliphatic rings. The topological polar surface area (TPSA) is 62.1 Å². The van der Waals surface area contributed by atoms with E-state index in [-0.39, 0.29) is 5.57 Å². The number of rotatable bonds is 6. The standard InChI is InChI=1S/C29H23BrN2O2/c1-19-11-12-21-8-4-5-9-25(21)26(19)18-34-28-14-13-24(30)16-22(28)15-23(17-31)29(33)32-27-10-6-3-7-20(27)2/h3-16H,18H2,1-2H3,(H,32,33)/b23-15+. The van der Waals surface area contributed by atoms with E-state index in [1.807, 2.05) is 67.6 Å². The Balaban J connectivity index is 1.63. The molecule has 0 aliphatic carbocycles. The van der Waals surface area contributed by atoms with Crippen LogP contribution in [-0.2, 0) is 11.4 Å². The molecule has 168 valence electrons. The van der Waals surface area contributed by atoms with E-state index < -0.39 is 5.91 Å². The summed E-state index contributed by atoms with van der Waals surface area (Å²) in [5.41, 5.74) is 4.48. The van der Waals surface area contributed by atoms with E-state index in [0.717, 1.165) is 31.9 Å². The number of fused-ring (bicyclic) bond motifs is 1. The molecular weight excluding hydrogens is 488 g/mol. The number of nitrogens with zero attached hydrogens (tertiary/aromatic N) is 1. The molecule has 0 aliphatic heterocycles. The van der Waals surface area contributed by atoms with E-state index in [9.17, 15) is 10.1 Å². The van der Waals surface area contributed by atoms with Gasteiger partial charge in [0.15, 0.2) is 0 Å². The number of ether oxygens (including phenoxy) is 1. The van der Waals surface area contributed by atoms with Crippen molar-refractivity contribution in [1.29, 1.82) is 5.26 Å². The number of nitriles is 1. The maximum Gasteiger partial charge on any atom is 0.266 e. The second kappa shape index (κ2) is 10.4. The predicted molar refractivity (Wildman–Crippen MR) is 141 cm³/mol. The van der Waals surface area contributed by atoms with E-state index >= 15 is 0 Å². The molecular formula is C29H23BrN2O2. The number of hydrogen-bond acceptors (Lipinski definition) is 3. The van der Waals surface area contributed by atoms with Crippen LogP contribution in [0.5, 0.6) is 5.75 Å². The van der Waals surface area contributed by atoms with Crippen LogP contribution in [-0.4, -0.2) is 5.91 Å². The van der Waals surface area contributed by atoms with Crippen molar-refractivity contribution in [2.24, 2.45) is 0 Å². The molecule has 1 N–H and O–H groups in total. The monoisotopic (exact) mass is 510 g/mol. The molecule has 5 heteroatoms. The molecule has 0 atom stereocenters. The molecule has 1 amide bonds. The SMILES string of the molecule is Cc1ccccc1NC(=O)/C(C#N)=C/c1cc(Br)ccc1OCc1c(C)ccc2ccccc12. The molecule has 34 heavy (non-hydrogen) atoms. The minimum Gasteiger partial charge on any atom is -0.488 e. The van der Waals surface area contributed by atoms with Crippen molar-refractivity contribution >= 4 is 44.4 Å². The van der Waals surface area contributed by atoms with Gasteiger partial charge in [0.1, 0.15) is 24.0 Å². The first-order valence-electron chi connectivity index (χ1n) is 10.8. The molecule has 4 aromatic rings. The van der Waals surface area contributed by atoms with Crippen LogP contribution in [0.25, 0.3) is 16.8 Å². The summed E-state index contributed by atoms with van der Waals surface area (Å²) in [5, 5.41) is 14.8. The number of para-hydroxylation sites is 1. The first-order chi connectivity index (χ1) is 16.5. The third kappa shape index (κ3) is 5.19. The lowest BCUT2D eigenvalue weighted by Crippen LogP contribution is -2.14. The zero-order valence-electron chi connectivity index (χ0n) is 18.9. The minimum atomic E-state index is -0.465. The molecule has 0 bridgehead atoms. The Kier molecular flexibility index (Phi) is 7.10. The number of anilines is 1. The van der Waals surface area contributed by atoms with Crippen molar-refractivity contribution in [3.05, 3.63) is 111 Å². The van der Waals surface area contributed by atoms with Crippen molar-refractivity contribution < 1.29 is 9.53 Å². The van der Waals surface area contributed by atoms with Crippen LogP contribution in [0.3, 0.4) is 0 Å². The summed E-state index contributed by atoms with van der Waals surface area (Å²) in [6.45, 7) is 4.34. The quantitative estimate of drug-likeness (QED) is 0.218. The van der Waals surface area contributed by atoms with Crippen LogP contribution in [0.4, 0.5) is 5.69 Å². The van der Waals surface area contributed by atoms with E-state index in [1.54, 1.807) is 6.08 Å². The number of carbonyl (C=O) groups excluding carboxylic acids is 1. The van der Waals surface area contributed by atoms with Crippen LogP contribution < -0.4 is 10.1 Å². The second-order valence-corrected chi connectivity index (χ2v) is 8.91. The average Bonchev–Trinajstić information content (AvgIpc) is 2.84. The largest absolute Gasteiger partial charge is 0.488 e. The maximum absolute atomic E-state index is 12.8. The number of amides is 1. The molecule has 0 radical (unpaired) electrons. The number of hydrogen-bond donors (Lipinski definition) is 1. The van der Waals surface area contributed by atoms with E-state index in [0.29, 0.717) is 23.6 Å². The first-order valence-corrected chi connectivity index (χ1v) is 11.6. The van der Waals surface area contributed by atoms with Gasteiger partial charge in [-0.1, -0.05) is 70.5 Å². The highest BCUT2D eigenvalue weighted by molar-refractivity contribution is 9.10. The summed E-state index contributed by atoms with van der Waals surface area (Å²) in [4.78, 5) is 12.8. The van der Waals surface area contributed by atoms with Crippen LogP contribution in [0.2, 0.25) is 0 Å². The molecule has 0 heterocycles. The molecule has 4 aromatic carbocycles. The summed E-state index contributed by atoms with van der Waals surface area (Å²) < 4.78 is 7.05. The van der Waals surface area contributed by atoms with Crippen LogP contribution >= 0.6 is 15.9 Å². The number of nitrogens with one attached hydrogen (secondary N) is 1. The lowest BCUT2D eigenvalue weighted by Gasteiger charge is -2.14. The van der Waals surface area contributed by atoms with Crippen LogP contribution in [0, 0.1) is 25.2 Å². The Hall–Kier alpha value is -3.88. The van der Waals surface area contributed by atoms with E-state index in [1.165, 1.54) is 0 Å². The van der Waals surface area contributed by atoms with Crippen LogP contribution in [0.15, 0.2) is 88.9 Å². The normalized spacial score (nSPS) is 11.2. The number of benzene rings is 4. The van der Waals surface area contributed by atoms with Crippen molar-refractivity contribution in [3.8, 4) is 11.8 Å². The van der Waals surface area contributed by atoms with Gasteiger partial charge >= 0.3 is 0 Å². The van der Waals surface area contributed by atoms with Crippen molar-refractivity contribution in [3.63, 3.8) is 0 Å². The van der Waals surface area contributed by atoms with Crippen molar-refractivity contribution in [1.82, 2.24) is 0 Å². The maximum atomic E-state index is 12.8. The molecule has 0 fully saturated rings. The smallest absolute Gasteiger partial charge is 0.266 e. The highest BCUT2D eigenvalue weighted by atomic mass is 79.9. The van der Waals surface area contributed by atoms with Crippen molar-refractivity contribution in [2.45, 2.75) is 20.5 Å². The minimum absolute atomic E-state index is 0.00690. The zero-order valence-corrected chi connectivity index (χ0v) is 20.5. The molecule has 0 saturated carbocycles. The van der Waals surface area contributed by atoms with Gasteiger partial charge in [0, 0.05) is 21.3 Å². The summed E-state index contributed by atoms with van der Waals surface area (Å²) in [6.07, 6.45) is 1.56. The molecule has 0 spiro atoms. The summed E-state index contributed by atoms with van der Waals surface area (Å²) >= 11 is 3.48. The fourth-order valence-electron chi connectivity index (χ4n) is 3.76. The van der Waals surface area contributed by atoms with Crippen LogP contribution in [0.1, 0.15) is 22.3 Å². The van der Waals surface area contributed by atoms with Gasteiger partial charge < -0.3 is 10.1 Å². The van der Waals surface area contributed by atoms with Gasteiger partial charge in [-0.15, -0.1) is 0 Å². The Bertz CT molecular complexity index is 1450. The Labute approximate surface area is 207 Å². The highest BCUT2D eigenvalue weighted by Gasteiger charge is 2.14. The number of aryl methyl sites for hydroxylation is 2. The Morgan fingerprint density at radius 1 is 1.00 bits per heavy atom. The number of halogens is 1. The first kappa shape index (κ1) is 23.3. The predicted octanol–water partition coefficient (Wildman–Crippen LogP) is 7.34. The van der Waals surface area contributed by atoms with Gasteiger partial charge in [-0.25, -0.2) is 0 Å². The van der Waals surface area contributed by atoms with Gasteiger partial charge in [-0.2, -0.15) is 5.26 Å². The molecule has 4 nitrogen and oxygen atoms in total. The van der Waals surface area contributed by atoms with E-state index in [4.69, 9.17) is 4.74 Å². The fourth-order valence-corrected chi connectivity index (χ4v) is 4.14. The molecule has 4 rings (SSSR count). The van der Waals surface area contributed by atoms with Gasteiger partial charge in [-0.3, -0.25) is 4.79 Å². The molecule has 0 saturated heterocycles. The molecule has 0 unspecified atom stereocenters. The van der Waals surface area contributed by atoms with Gasteiger partial charge in [0.05, 0.1) is 0 Å². The Morgan fingerprint density at radius 3 is 2.56 bits per heavy atom. The Morgan fingerprint density at radius 2 is 1.76 bits per heavy atom. The lowest BCUT2D eigenvalue weighted by atomic mass is 10.0.